The number of hydrogen-bond donors (Lipinski definition) is 1. The van der Waals surface area contributed by atoms with E-state index in [1.165, 1.54) is 42.5 Å². The Morgan fingerprint density at radius 2 is 1.91 bits per heavy atom. The highest BCUT2D eigenvalue weighted by molar-refractivity contribution is 7.99. The lowest BCUT2D eigenvalue weighted by molar-refractivity contribution is -0.384. The minimum absolute atomic E-state index is 0.0896. The van der Waals surface area contributed by atoms with Crippen molar-refractivity contribution in [3.63, 3.8) is 0 Å². The number of rotatable bonds is 8. The summed E-state index contributed by atoms with van der Waals surface area (Å²) >= 11 is 1.31. The van der Waals surface area contributed by atoms with Crippen molar-refractivity contribution < 1.29 is 9.72 Å². The van der Waals surface area contributed by atoms with Crippen LogP contribution in [0.2, 0.25) is 0 Å². The second-order valence-corrected chi connectivity index (χ2v) is 7.94. The van der Waals surface area contributed by atoms with E-state index in [9.17, 15) is 14.9 Å². The molecule has 2 aromatic carbocycles. The van der Waals surface area contributed by atoms with Crippen LogP contribution in [0.15, 0.2) is 88.2 Å². The quantitative estimate of drug-likeness (QED) is 0.231. The molecule has 0 radical (unpaired) electrons. The third-order valence-corrected chi connectivity index (χ3v) is 5.86. The van der Waals surface area contributed by atoms with Crippen LogP contribution in [-0.4, -0.2) is 36.8 Å². The van der Waals surface area contributed by atoms with Crippen molar-refractivity contribution >= 4 is 29.6 Å². The van der Waals surface area contributed by atoms with Gasteiger partial charge in [-0.2, -0.15) is 5.10 Å². The number of carbonyl (C=O) groups excluding carboxylic acids is 1. The van der Waals surface area contributed by atoms with Gasteiger partial charge in [0.1, 0.15) is 0 Å². The smallest absolute Gasteiger partial charge is 0.271 e. The first-order valence-corrected chi connectivity index (χ1v) is 11.1. The molecule has 0 aliphatic rings. The lowest BCUT2D eigenvalue weighted by atomic mass is 10.2. The fourth-order valence-corrected chi connectivity index (χ4v) is 4.09. The molecule has 34 heavy (non-hydrogen) atoms. The van der Waals surface area contributed by atoms with E-state index in [-0.39, 0.29) is 5.69 Å². The molecule has 0 saturated carbocycles. The predicted molar refractivity (Wildman–Crippen MR) is 128 cm³/mol. The number of non-ortho nitro benzene ring substituents is 1. The fourth-order valence-electron chi connectivity index (χ4n) is 3.12. The molecule has 2 aromatic heterocycles. The molecule has 0 aliphatic carbocycles. The normalized spacial score (nSPS) is 11.0. The molecule has 0 fully saturated rings. The maximum Gasteiger partial charge on any atom is 0.271 e. The maximum absolute atomic E-state index is 12.2. The molecule has 4 rings (SSSR count). The van der Waals surface area contributed by atoms with Crippen LogP contribution < -0.4 is 5.43 Å². The minimum atomic E-state index is -0.483. The highest BCUT2D eigenvalue weighted by Gasteiger charge is 2.17. The van der Waals surface area contributed by atoms with Gasteiger partial charge in [0, 0.05) is 52.7 Å². The van der Waals surface area contributed by atoms with E-state index in [2.05, 4.69) is 25.7 Å². The van der Waals surface area contributed by atoms with Gasteiger partial charge in [-0.15, -0.1) is 10.2 Å². The number of nitro benzene ring substituents is 1. The van der Waals surface area contributed by atoms with E-state index in [1.807, 2.05) is 41.8 Å². The van der Waals surface area contributed by atoms with Crippen molar-refractivity contribution in [1.29, 1.82) is 0 Å². The molecule has 0 saturated heterocycles. The summed E-state index contributed by atoms with van der Waals surface area (Å²) < 4.78 is 1.97. The molecule has 4 aromatic rings. The number of benzene rings is 2. The Bertz CT molecular complexity index is 1340. The van der Waals surface area contributed by atoms with Gasteiger partial charge in [0.25, 0.3) is 11.6 Å². The summed E-state index contributed by atoms with van der Waals surface area (Å²) in [4.78, 5) is 27.6. The average molecular weight is 474 g/mol. The van der Waals surface area contributed by atoms with Crippen LogP contribution >= 0.6 is 11.8 Å². The molecule has 0 bridgehead atoms. The second-order valence-electron chi connectivity index (χ2n) is 6.93. The summed E-state index contributed by atoms with van der Waals surface area (Å²) in [5, 5.41) is 24.6. The third kappa shape index (κ3) is 5.15. The predicted octanol–water partition coefficient (Wildman–Crippen LogP) is 4.18. The van der Waals surface area contributed by atoms with Gasteiger partial charge in [-0.1, -0.05) is 30.3 Å². The molecule has 170 valence electrons. The van der Waals surface area contributed by atoms with Crippen molar-refractivity contribution in [3.05, 3.63) is 94.3 Å². The van der Waals surface area contributed by atoms with Gasteiger partial charge in [-0.3, -0.25) is 19.9 Å². The molecule has 10 nitrogen and oxygen atoms in total. The number of hydrogen-bond acceptors (Lipinski definition) is 8. The van der Waals surface area contributed by atoms with E-state index >= 15 is 0 Å². The van der Waals surface area contributed by atoms with Crippen LogP contribution in [0.3, 0.4) is 0 Å². The van der Waals surface area contributed by atoms with Crippen molar-refractivity contribution in [2.45, 2.75) is 23.5 Å². The monoisotopic (exact) mass is 473 g/mol. The number of amides is 1. The number of pyridine rings is 1. The van der Waals surface area contributed by atoms with E-state index < -0.39 is 10.8 Å². The number of nitro groups is 1. The van der Waals surface area contributed by atoms with E-state index in [1.54, 1.807) is 18.2 Å². The molecule has 1 N–H and O–H groups in total. The Morgan fingerprint density at radius 3 is 2.62 bits per heavy atom. The molecule has 11 heteroatoms. The van der Waals surface area contributed by atoms with Crippen LogP contribution in [0.4, 0.5) is 5.69 Å². The number of hydrazone groups is 1. The fraction of sp³-hybridized carbons (Fsp3) is 0.0870. The van der Waals surface area contributed by atoms with Gasteiger partial charge >= 0.3 is 0 Å². The summed E-state index contributed by atoms with van der Waals surface area (Å²) in [5.41, 5.74) is 4.13. The standard InChI is InChI=1S/C23H19N7O3S/c1-2-29-21(16-6-4-3-5-7-16)26-28-23(29)34-20-9-8-19(30(32)33)14-18(20)15-25-27-22(31)17-10-12-24-13-11-17/h3-15H,2H2,1H3,(H,27,31). The second kappa shape index (κ2) is 10.5. The Balaban J connectivity index is 1.62. The highest BCUT2D eigenvalue weighted by atomic mass is 32.2. The van der Waals surface area contributed by atoms with E-state index in [0.717, 1.165) is 11.4 Å². The molecule has 0 atom stereocenters. The largest absolute Gasteiger partial charge is 0.302 e. The van der Waals surface area contributed by atoms with Crippen LogP contribution in [0.1, 0.15) is 22.8 Å². The Hall–Kier alpha value is -4.38. The molecule has 0 aliphatic heterocycles. The van der Waals surface area contributed by atoms with Crippen molar-refractivity contribution in [2.24, 2.45) is 5.10 Å². The van der Waals surface area contributed by atoms with Gasteiger partial charge in [-0.05, 0) is 36.9 Å². The maximum atomic E-state index is 12.2. The Labute approximate surface area is 198 Å². The SMILES string of the molecule is CCn1c(Sc2ccc([N+](=O)[O-])cc2C=NNC(=O)c2ccncc2)nnc1-c1ccccc1. The van der Waals surface area contributed by atoms with Crippen molar-refractivity contribution in [2.75, 3.05) is 0 Å². The Kier molecular flexibility index (Phi) is 7.04. The van der Waals surface area contributed by atoms with Crippen molar-refractivity contribution in [1.82, 2.24) is 25.2 Å². The average Bonchev–Trinajstić information content (AvgIpc) is 3.28. The number of nitrogens with zero attached hydrogens (tertiary/aromatic N) is 6. The minimum Gasteiger partial charge on any atom is -0.302 e. The summed E-state index contributed by atoms with van der Waals surface area (Å²) in [6, 6.07) is 17.3. The summed E-state index contributed by atoms with van der Waals surface area (Å²) in [6.07, 6.45) is 4.38. The van der Waals surface area contributed by atoms with Crippen molar-refractivity contribution in [3.8, 4) is 11.4 Å². The summed E-state index contributed by atoms with van der Waals surface area (Å²) in [5.74, 6) is 0.309. The first-order valence-electron chi connectivity index (χ1n) is 10.2. The number of carbonyl (C=O) groups is 1. The van der Waals surface area contributed by atoms with Gasteiger partial charge in [0.15, 0.2) is 11.0 Å². The van der Waals surface area contributed by atoms with Crippen LogP contribution in [0.5, 0.6) is 0 Å². The zero-order valence-corrected chi connectivity index (χ0v) is 18.8. The van der Waals surface area contributed by atoms with Gasteiger partial charge in [-0.25, -0.2) is 5.43 Å². The number of aromatic nitrogens is 4. The summed E-state index contributed by atoms with van der Waals surface area (Å²) in [7, 11) is 0. The van der Waals surface area contributed by atoms with Gasteiger partial charge in [0.2, 0.25) is 0 Å². The highest BCUT2D eigenvalue weighted by Crippen LogP contribution is 2.33. The van der Waals surface area contributed by atoms with Gasteiger partial charge < -0.3 is 4.57 Å². The lowest BCUT2D eigenvalue weighted by Crippen LogP contribution is -2.17. The van der Waals surface area contributed by atoms with Crippen LogP contribution in [-0.2, 0) is 6.54 Å². The molecule has 0 unspecified atom stereocenters. The lowest BCUT2D eigenvalue weighted by Gasteiger charge is -2.09. The third-order valence-electron chi connectivity index (χ3n) is 4.78. The Morgan fingerprint density at radius 1 is 1.15 bits per heavy atom. The number of nitrogens with one attached hydrogen (secondary N) is 1. The summed E-state index contributed by atoms with van der Waals surface area (Å²) in [6.45, 7) is 2.63. The van der Waals surface area contributed by atoms with Gasteiger partial charge in [0.05, 0.1) is 11.1 Å². The zero-order valence-electron chi connectivity index (χ0n) is 18.0. The van der Waals surface area contributed by atoms with Crippen LogP contribution in [0, 0.1) is 10.1 Å². The topological polar surface area (TPSA) is 128 Å². The zero-order chi connectivity index (χ0) is 23.9. The molecular formula is C23H19N7O3S. The molecule has 1 amide bonds. The van der Waals surface area contributed by atoms with E-state index in [4.69, 9.17) is 0 Å². The van der Waals surface area contributed by atoms with Crippen LogP contribution in [0.25, 0.3) is 11.4 Å². The first-order chi connectivity index (χ1) is 16.6. The molecule has 0 spiro atoms. The molecular weight excluding hydrogens is 454 g/mol. The van der Waals surface area contributed by atoms with E-state index in [0.29, 0.717) is 27.7 Å². The first kappa shape index (κ1) is 22.8. The molecule has 2 heterocycles.